The van der Waals surface area contributed by atoms with E-state index in [0.29, 0.717) is 61.2 Å². The standard InChI is InChI=1S/C28H34N2O7/c1-4-37-22-11-8-20(18-23(22)35-3)25-24(26(31)19-6-9-21(34-2)10-7-19)27(32)28(33)30(25)13-5-12-29-14-16-36-17-15-29/h6-11,18,25,31H,4-5,12-17H2,1-3H3/t25-/m1/s1. The zero-order valence-corrected chi connectivity index (χ0v) is 21.6. The van der Waals surface area contributed by atoms with Gasteiger partial charge in [0.15, 0.2) is 11.5 Å². The van der Waals surface area contributed by atoms with Crippen LogP contribution < -0.4 is 14.2 Å². The molecule has 2 aromatic rings. The molecule has 2 aliphatic rings. The molecular formula is C28H34N2O7. The number of methoxy groups -OCH3 is 2. The predicted molar refractivity (Wildman–Crippen MR) is 138 cm³/mol. The number of carbonyl (C=O) groups is 2. The molecule has 2 aromatic carbocycles. The highest BCUT2D eigenvalue weighted by molar-refractivity contribution is 6.46. The first-order valence-corrected chi connectivity index (χ1v) is 12.5. The number of amides is 1. The molecule has 0 saturated carbocycles. The fraction of sp³-hybridized carbons (Fsp3) is 0.429. The average Bonchev–Trinajstić information content (AvgIpc) is 3.18. The van der Waals surface area contributed by atoms with Gasteiger partial charge in [-0.05, 0) is 55.3 Å². The van der Waals surface area contributed by atoms with E-state index in [4.69, 9.17) is 18.9 Å². The summed E-state index contributed by atoms with van der Waals surface area (Å²) < 4.78 is 21.8. The third kappa shape index (κ3) is 5.73. The van der Waals surface area contributed by atoms with E-state index in [1.165, 1.54) is 7.11 Å². The molecule has 2 heterocycles. The fourth-order valence-corrected chi connectivity index (χ4v) is 4.78. The van der Waals surface area contributed by atoms with Crippen LogP contribution in [0.15, 0.2) is 48.0 Å². The Morgan fingerprint density at radius 1 is 1.00 bits per heavy atom. The molecule has 9 heteroatoms. The van der Waals surface area contributed by atoms with E-state index in [9.17, 15) is 14.7 Å². The van der Waals surface area contributed by atoms with Gasteiger partial charge in [0.25, 0.3) is 11.7 Å². The van der Waals surface area contributed by atoms with Gasteiger partial charge in [0.1, 0.15) is 11.5 Å². The Balaban J connectivity index is 1.71. The quantitative estimate of drug-likeness (QED) is 0.296. The number of rotatable bonds is 10. The van der Waals surface area contributed by atoms with Crippen molar-refractivity contribution in [1.82, 2.24) is 9.80 Å². The lowest BCUT2D eigenvalue weighted by Gasteiger charge is -2.29. The highest BCUT2D eigenvalue weighted by Crippen LogP contribution is 2.42. The number of benzene rings is 2. The summed E-state index contributed by atoms with van der Waals surface area (Å²) in [6.07, 6.45) is 0.681. The Morgan fingerprint density at radius 2 is 1.73 bits per heavy atom. The van der Waals surface area contributed by atoms with Crippen LogP contribution in [0.25, 0.3) is 5.76 Å². The number of ether oxygens (including phenoxy) is 4. The second kappa shape index (κ2) is 12.1. The van der Waals surface area contributed by atoms with Crippen molar-refractivity contribution in [3.63, 3.8) is 0 Å². The molecule has 0 spiro atoms. The molecule has 198 valence electrons. The molecule has 4 rings (SSSR count). The normalized spacial score (nSPS) is 19.8. The molecule has 2 saturated heterocycles. The van der Waals surface area contributed by atoms with Crippen molar-refractivity contribution in [1.29, 1.82) is 0 Å². The zero-order chi connectivity index (χ0) is 26.4. The Labute approximate surface area is 217 Å². The fourth-order valence-electron chi connectivity index (χ4n) is 4.78. The summed E-state index contributed by atoms with van der Waals surface area (Å²) in [4.78, 5) is 30.4. The van der Waals surface area contributed by atoms with Crippen molar-refractivity contribution in [2.45, 2.75) is 19.4 Å². The van der Waals surface area contributed by atoms with Crippen molar-refractivity contribution >= 4 is 17.4 Å². The van der Waals surface area contributed by atoms with Crippen molar-refractivity contribution in [2.24, 2.45) is 0 Å². The van der Waals surface area contributed by atoms with E-state index in [1.54, 1.807) is 54.5 Å². The van der Waals surface area contributed by atoms with E-state index in [-0.39, 0.29) is 11.3 Å². The van der Waals surface area contributed by atoms with Gasteiger partial charge < -0.3 is 29.0 Å². The van der Waals surface area contributed by atoms with Crippen molar-refractivity contribution in [2.75, 3.05) is 60.2 Å². The smallest absolute Gasteiger partial charge is 0.295 e. The maximum Gasteiger partial charge on any atom is 0.295 e. The number of Topliss-reactive ketones (excluding diaryl/α,β-unsaturated/α-hetero) is 1. The predicted octanol–water partition coefficient (Wildman–Crippen LogP) is 3.25. The van der Waals surface area contributed by atoms with E-state index in [1.807, 2.05) is 6.92 Å². The minimum absolute atomic E-state index is 0.0488. The summed E-state index contributed by atoms with van der Waals surface area (Å²) in [5.74, 6) is 0.103. The van der Waals surface area contributed by atoms with Crippen LogP contribution in [-0.2, 0) is 14.3 Å². The number of likely N-dealkylation sites (tertiary alicyclic amines) is 1. The van der Waals surface area contributed by atoms with Crippen molar-refractivity contribution < 1.29 is 33.6 Å². The molecule has 0 unspecified atom stereocenters. The molecule has 1 amide bonds. The van der Waals surface area contributed by atoms with Crippen LogP contribution in [0, 0.1) is 0 Å². The largest absolute Gasteiger partial charge is 0.507 e. The molecule has 1 N–H and O–H groups in total. The summed E-state index contributed by atoms with van der Waals surface area (Å²) in [5, 5.41) is 11.3. The summed E-state index contributed by atoms with van der Waals surface area (Å²) in [7, 11) is 3.09. The first-order chi connectivity index (χ1) is 18.0. The second-order valence-electron chi connectivity index (χ2n) is 8.87. The van der Waals surface area contributed by atoms with Gasteiger partial charge in [-0.1, -0.05) is 6.07 Å². The number of aliphatic hydroxyl groups excluding tert-OH is 1. The van der Waals surface area contributed by atoms with Gasteiger partial charge in [0.2, 0.25) is 0 Å². The molecule has 1 atom stereocenters. The molecule has 0 bridgehead atoms. The van der Waals surface area contributed by atoms with Gasteiger partial charge in [-0.15, -0.1) is 0 Å². The van der Waals surface area contributed by atoms with Crippen LogP contribution in [0.2, 0.25) is 0 Å². The molecule has 9 nitrogen and oxygen atoms in total. The number of hydrogen-bond acceptors (Lipinski definition) is 8. The van der Waals surface area contributed by atoms with Crippen molar-refractivity contribution in [3.8, 4) is 17.2 Å². The second-order valence-corrected chi connectivity index (χ2v) is 8.87. The highest BCUT2D eigenvalue weighted by atomic mass is 16.5. The minimum atomic E-state index is -0.767. The number of ketones is 1. The lowest BCUT2D eigenvalue weighted by molar-refractivity contribution is -0.140. The Kier molecular flexibility index (Phi) is 8.68. The lowest BCUT2D eigenvalue weighted by atomic mass is 9.95. The topological polar surface area (TPSA) is 97.8 Å². The minimum Gasteiger partial charge on any atom is -0.507 e. The van der Waals surface area contributed by atoms with Crippen LogP contribution in [0.5, 0.6) is 17.2 Å². The monoisotopic (exact) mass is 510 g/mol. The molecule has 0 radical (unpaired) electrons. The van der Waals surface area contributed by atoms with Gasteiger partial charge in [0, 0.05) is 31.7 Å². The first-order valence-electron chi connectivity index (χ1n) is 12.5. The van der Waals surface area contributed by atoms with Crippen LogP contribution in [0.1, 0.15) is 30.5 Å². The van der Waals surface area contributed by atoms with E-state index in [0.717, 1.165) is 19.6 Å². The van der Waals surface area contributed by atoms with Gasteiger partial charge >= 0.3 is 0 Å². The average molecular weight is 511 g/mol. The van der Waals surface area contributed by atoms with Crippen LogP contribution in [0.4, 0.5) is 0 Å². The van der Waals surface area contributed by atoms with Crippen LogP contribution in [-0.4, -0.2) is 86.8 Å². The van der Waals surface area contributed by atoms with Gasteiger partial charge in [0.05, 0.1) is 45.7 Å². The summed E-state index contributed by atoms with van der Waals surface area (Å²) in [6, 6.07) is 11.3. The molecule has 37 heavy (non-hydrogen) atoms. The maximum atomic E-state index is 13.3. The van der Waals surface area contributed by atoms with Crippen molar-refractivity contribution in [3.05, 3.63) is 59.2 Å². The number of aliphatic hydroxyl groups is 1. The van der Waals surface area contributed by atoms with Crippen LogP contribution >= 0.6 is 0 Å². The molecule has 2 aliphatic heterocycles. The Bertz CT molecular complexity index is 1140. The Hall–Kier alpha value is -3.56. The third-order valence-corrected chi connectivity index (χ3v) is 6.68. The number of nitrogens with zero attached hydrogens (tertiary/aromatic N) is 2. The first kappa shape index (κ1) is 26.5. The Morgan fingerprint density at radius 3 is 2.38 bits per heavy atom. The summed E-state index contributed by atoms with van der Waals surface area (Å²) >= 11 is 0. The van der Waals surface area contributed by atoms with Crippen LogP contribution in [0.3, 0.4) is 0 Å². The third-order valence-electron chi connectivity index (χ3n) is 6.68. The molecule has 0 aliphatic carbocycles. The number of hydrogen-bond donors (Lipinski definition) is 1. The number of morpholine rings is 1. The zero-order valence-electron chi connectivity index (χ0n) is 21.6. The molecule has 0 aromatic heterocycles. The lowest BCUT2D eigenvalue weighted by Crippen LogP contribution is -2.39. The van der Waals surface area contributed by atoms with E-state index < -0.39 is 17.7 Å². The van der Waals surface area contributed by atoms with E-state index >= 15 is 0 Å². The SMILES string of the molecule is CCOc1ccc([C@@H]2C(=C(O)c3ccc(OC)cc3)C(=O)C(=O)N2CCCN2CCOCC2)cc1OC. The maximum absolute atomic E-state index is 13.3. The number of carbonyl (C=O) groups excluding carboxylic acids is 2. The molecule has 2 fully saturated rings. The van der Waals surface area contributed by atoms with Gasteiger partial charge in [-0.3, -0.25) is 14.5 Å². The molecular weight excluding hydrogens is 476 g/mol. The van der Waals surface area contributed by atoms with E-state index in [2.05, 4.69) is 4.90 Å². The van der Waals surface area contributed by atoms with Gasteiger partial charge in [-0.25, -0.2) is 0 Å². The van der Waals surface area contributed by atoms with Gasteiger partial charge in [-0.2, -0.15) is 0 Å². The summed E-state index contributed by atoms with van der Waals surface area (Å²) in [6.45, 7) is 6.56. The highest BCUT2D eigenvalue weighted by Gasteiger charge is 2.46. The summed E-state index contributed by atoms with van der Waals surface area (Å²) in [5.41, 5.74) is 1.13.